The molecule has 2 aromatic carbocycles. The van der Waals surface area contributed by atoms with E-state index >= 15 is 0 Å². The molecule has 0 aromatic heterocycles. The summed E-state index contributed by atoms with van der Waals surface area (Å²) in [7, 11) is 0. The van der Waals surface area contributed by atoms with Gasteiger partial charge in [0.1, 0.15) is 6.07 Å². The lowest BCUT2D eigenvalue weighted by Crippen LogP contribution is -2.46. The highest BCUT2D eigenvalue weighted by Gasteiger charge is 2.25. The summed E-state index contributed by atoms with van der Waals surface area (Å²) >= 11 is 12.0. The first-order valence-corrected chi connectivity index (χ1v) is 7.87. The fourth-order valence-electron chi connectivity index (χ4n) is 2.82. The van der Waals surface area contributed by atoms with Gasteiger partial charge in [-0.2, -0.15) is 5.26 Å². The zero-order chi connectivity index (χ0) is 15.5. The van der Waals surface area contributed by atoms with Crippen molar-refractivity contribution in [3.8, 4) is 6.07 Å². The maximum atomic E-state index is 9.40. The summed E-state index contributed by atoms with van der Waals surface area (Å²) in [6.45, 7) is 2.55. The van der Waals surface area contributed by atoms with E-state index in [-0.39, 0.29) is 6.04 Å². The van der Waals surface area contributed by atoms with Crippen molar-refractivity contribution in [2.24, 2.45) is 0 Å². The number of halogens is 2. The van der Waals surface area contributed by atoms with Gasteiger partial charge >= 0.3 is 0 Å². The van der Waals surface area contributed by atoms with Crippen LogP contribution in [0, 0.1) is 11.3 Å². The van der Waals surface area contributed by atoms with Crippen molar-refractivity contribution in [3.63, 3.8) is 0 Å². The minimum absolute atomic E-state index is 0.166. The van der Waals surface area contributed by atoms with Gasteiger partial charge in [-0.1, -0.05) is 35.3 Å². The number of rotatable bonds is 2. The van der Waals surface area contributed by atoms with Gasteiger partial charge in [-0.3, -0.25) is 0 Å². The predicted octanol–water partition coefficient (Wildman–Crippen LogP) is 4.02. The highest BCUT2D eigenvalue weighted by molar-refractivity contribution is 6.31. The van der Waals surface area contributed by atoms with Crippen LogP contribution in [0.2, 0.25) is 10.0 Å². The summed E-state index contributed by atoms with van der Waals surface area (Å²) in [6.07, 6.45) is 0. The normalized spacial score (nSPS) is 18.0. The average Bonchev–Trinajstić information content (AvgIpc) is 2.55. The smallest absolute Gasteiger partial charge is 0.101 e. The molecule has 0 radical (unpaired) electrons. The monoisotopic (exact) mass is 331 g/mol. The molecular weight excluding hydrogens is 317 g/mol. The molecule has 3 rings (SSSR count). The van der Waals surface area contributed by atoms with Crippen molar-refractivity contribution in [3.05, 3.63) is 63.6 Å². The lowest BCUT2D eigenvalue weighted by molar-refractivity contribution is 0.489. The third-order valence-corrected chi connectivity index (χ3v) is 4.37. The number of piperazine rings is 1. The van der Waals surface area contributed by atoms with Crippen LogP contribution >= 0.6 is 23.2 Å². The lowest BCUT2D eigenvalue weighted by Gasteiger charge is -2.38. The predicted molar refractivity (Wildman–Crippen MR) is 90.6 cm³/mol. The maximum absolute atomic E-state index is 9.40. The second kappa shape index (κ2) is 6.58. The molecule has 0 saturated carbocycles. The molecule has 22 heavy (non-hydrogen) atoms. The van der Waals surface area contributed by atoms with Gasteiger partial charge in [-0.05, 0) is 35.9 Å². The van der Waals surface area contributed by atoms with Crippen LogP contribution < -0.4 is 10.2 Å². The zero-order valence-electron chi connectivity index (χ0n) is 11.9. The Bertz CT molecular complexity index is 707. The van der Waals surface area contributed by atoms with Crippen molar-refractivity contribution in [2.75, 3.05) is 24.5 Å². The van der Waals surface area contributed by atoms with E-state index in [0.717, 1.165) is 30.3 Å². The average molecular weight is 332 g/mol. The SMILES string of the molecule is N#Cc1cc(Cl)ccc1N1CCNCC1c1ccc(Cl)cc1. The Morgan fingerprint density at radius 2 is 1.82 bits per heavy atom. The van der Waals surface area contributed by atoms with Gasteiger partial charge in [-0.15, -0.1) is 0 Å². The molecule has 1 saturated heterocycles. The maximum Gasteiger partial charge on any atom is 0.101 e. The van der Waals surface area contributed by atoms with E-state index < -0.39 is 0 Å². The molecule has 1 N–H and O–H groups in total. The molecule has 1 aliphatic heterocycles. The zero-order valence-corrected chi connectivity index (χ0v) is 13.4. The van der Waals surface area contributed by atoms with Crippen molar-refractivity contribution in [2.45, 2.75) is 6.04 Å². The minimum atomic E-state index is 0.166. The Hall–Kier alpha value is -1.73. The Balaban J connectivity index is 2.00. The Morgan fingerprint density at radius 1 is 1.09 bits per heavy atom. The quantitative estimate of drug-likeness (QED) is 0.903. The van der Waals surface area contributed by atoms with Crippen molar-refractivity contribution in [1.82, 2.24) is 5.32 Å². The topological polar surface area (TPSA) is 39.1 Å². The Labute approximate surface area is 140 Å². The van der Waals surface area contributed by atoms with Crippen LogP contribution in [-0.4, -0.2) is 19.6 Å². The summed E-state index contributed by atoms with van der Waals surface area (Å²) in [4.78, 5) is 2.26. The summed E-state index contributed by atoms with van der Waals surface area (Å²) in [5.41, 5.74) is 2.71. The van der Waals surface area contributed by atoms with Crippen LogP contribution in [0.25, 0.3) is 0 Å². The van der Waals surface area contributed by atoms with E-state index in [1.165, 1.54) is 5.56 Å². The largest absolute Gasteiger partial charge is 0.361 e. The molecule has 1 fully saturated rings. The number of benzene rings is 2. The van der Waals surface area contributed by atoms with Gasteiger partial charge in [0.2, 0.25) is 0 Å². The molecule has 0 bridgehead atoms. The number of hydrogen-bond donors (Lipinski definition) is 1. The number of nitrogens with one attached hydrogen (secondary N) is 1. The summed E-state index contributed by atoms with van der Waals surface area (Å²) in [5, 5.41) is 14.1. The van der Waals surface area contributed by atoms with Crippen LogP contribution in [-0.2, 0) is 0 Å². The molecule has 1 heterocycles. The van der Waals surface area contributed by atoms with Crippen molar-refractivity contribution in [1.29, 1.82) is 5.26 Å². The lowest BCUT2D eigenvalue weighted by atomic mass is 10.0. The fourth-order valence-corrected chi connectivity index (χ4v) is 3.12. The molecular formula is C17H15Cl2N3. The Kier molecular flexibility index (Phi) is 4.54. The summed E-state index contributed by atoms with van der Waals surface area (Å²) in [5.74, 6) is 0. The fraction of sp³-hybridized carbons (Fsp3) is 0.235. The van der Waals surface area contributed by atoms with Gasteiger partial charge in [-0.25, -0.2) is 0 Å². The third kappa shape index (κ3) is 3.05. The molecule has 1 aliphatic rings. The molecule has 1 atom stereocenters. The van der Waals surface area contributed by atoms with E-state index in [9.17, 15) is 5.26 Å². The van der Waals surface area contributed by atoms with Crippen LogP contribution in [0.4, 0.5) is 5.69 Å². The van der Waals surface area contributed by atoms with Crippen LogP contribution in [0.1, 0.15) is 17.2 Å². The standard InChI is InChI=1S/C17H15Cl2N3/c18-14-3-1-12(2-4-14)17-11-21-7-8-22(17)16-6-5-15(19)9-13(16)10-20/h1-6,9,17,21H,7-8,11H2. The minimum Gasteiger partial charge on any atom is -0.361 e. The first-order valence-electron chi connectivity index (χ1n) is 7.11. The molecule has 2 aromatic rings. The van der Waals surface area contributed by atoms with Crippen molar-refractivity contribution >= 4 is 28.9 Å². The van der Waals surface area contributed by atoms with Gasteiger partial charge in [0, 0.05) is 29.7 Å². The number of anilines is 1. The molecule has 5 heteroatoms. The first-order chi connectivity index (χ1) is 10.7. The van der Waals surface area contributed by atoms with E-state index in [0.29, 0.717) is 10.6 Å². The molecule has 0 amide bonds. The molecule has 112 valence electrons. The van der Waals surface area contributed by atoms with E-state index in [1.54, 1.807) is 6.07 Å². The first kappa shape index (κ1) is 15.2. The van der Waals surface area contributed by atoms with Gasteiger partial charge < -0.3 is 10.2 Å². The number of nitriles is 1. The van der Waals surface area contributed by atoms with E-state index in [2.05, 4.69) is 16.3 Å². The Morgan fingerprint density at radius 3 is 2.55 bits per heavy atom. The number of hydrogen-bond acceptors (Lipinski definition) is 3. The summed E-state index contributed by atoms with van der Waals surface area (Å²) in [6, 6.07) is 15.8. The second-order valence-corrected chi connectivity index (χ2v) is 6.11. The van der Waals surface area contributed by atoms with E-state index in [1.807, 2.05) is 36.4 Å². The van der Waals surface area contributed by atoms with Gasteiger partial charge in [0.15, 0.2) is 0 Å². The molecule has 0 spiro atoms. The van der Waals surface area contributed by atoms with Crippen molar-refractivity contribution < 1.29 is 0 Å². The number of nitrogens with zero attached hydrogens (tertiary/aromatic N) is 2. The van der Waals surface area contributed by atoms with Crippen LogP contribution in [0.5, 0.6) is 0 Å². The van der Waals surface area contributed by atoms with Crippen LogP contribution in [0.3, 0.4) is 0 Å². The molecule has 0 aliphatic carbocycles. The highest BCUT2D eigenvalue weighted by Crippen LogP contribution is 2.32. The van der Waals surface area contributed by atoms with E-state index in [4.69, 9.17) is 23.2 Å². The molecule has 3 nitrogen and oxygen atoms in total. The molecule has 1 unspecified atom stereocenters. The highest BCUT2D eigenvalue weighted by atomic mass is 35.5. The second-order valence-electron chi connectivity index (χ2n) is 5.24. The van der Waals surface area contributed by atoms with Crippen LogP contribution in [0.15, 0.2) is 42.5 Å². The third-order valence-electron chi connectivity index (χ3n) is 3.89. The van der Waals surface area contributed by atoms with Gasteiger partial charge in [0.25, 0.3) is 0 Å². The van der Waals surface area contributed by atoms with Gasteiger partial charge in [0.05, 0.1) is 17.3 Å². The summed E-state index contributed by atoms with van der Waals surface area (Å²) < 4.78 is 0.